The molecule has 5 nitrogen and oxygen atoms in total. The highest BCUT2D eigenvalue weighted by Gasteiger charge is 2.01. The van der Waals surface area contributed by atoms with Crippen LogP contribution in [0, 0.1) is 6.92 Å². The molecule has 16 heavy (non-hydrogen) atoms. The van der Waals surface area contributed by atoms with Crippen molar-refractivity contribution in [2.75, 3.05) is 0 Å². The van der Waals surface area contributed by atoms with Gasteiger partial charge in [0, 0.05) is 24.2 Å². The number of pyridine rings is 1. The summed E-state index contributed by atoms with van der Waals surface area (Å²) in [4.78, 5) is 28.9. The zero-order valence-electron chi connectivity index (χ0n) is 8.80. The van der Waals surface area contributed by atoms with E-state index >= 15 is 0 Å². The second-order valence-electron chi connectivity index (χ2n) is 3.56. The van der Waals surface area contributed by atoms with Crippen molar-refractivity contribution in [3.05, 3.63) is 62.7 Å². The molecule has 0 amide bonds. The number of hydrogen-bond acceptors (Lipinski definition) is 3. The molecule has 82 valence electrons. The summed E-state index contributed by atoms with van der Waals surface area (Å²) in [5.41, 5.74) is 0.687. The lowest BCUT2D eigenvalue weighted by molar-refractivity contribution is 0.711. The number of aryl methyl sites for hydroxylation is 1. The molecule has 2 rings (SSSR count). The summed E-state index contributed by atoms with van der Waals surface area (Å²) in [5.74, 6) is 0. The minimum atomic E-state index is -0.403. The second kappa shape index (κ2) is 4.14. The predicted octanol–water partition coefficient (Wildman–Crippen LogP) is 0.288. The number of rotatable bonds is 2. The number of aromatic amines is 1. The van der Waals surface area contributed by atoms with Gasteiger partial charge in [0.1, 0.15) is 0 Å². The van der Waals surface area contributed by atoms with E-state index in [2.05, 4.69) is 9.97 Å². The van der Waals surface area contributed by atoms with Crippen molar-refractivity contribution >= 4 is 0 Å². The highest BCUT2D eigenvalue weighted by atomic mass is 16.2. The first-order chi connectivity index (χ1) is 7.66. The normalized spacial score (nSPS) is 10.3. The van der Waals surface area contributed by atoms with Crippen LogP contribution >= 0.6 is 0 Å². The lowest BCUT2D eigenvalue weighted by Crippen LogP contribution is -2.31. The summed E-state index contributed by atoms with van der Waals surface area (Å²) in [6, 6.07) is 3.68. The van der Waals surface area contributed by atoms with Crippen molar-refractivity contribution in [1.29, 1.82) is 0 Å². The monoisotopic (exact) mass is 217 g/mol. The van der Waals surface area contributed by atoms with Crippen LogP contribution in [-0.2, 0) is 6.54 Å². The summed E-state index contributed by atoms with van der Waals surface area (Å²) in [5, 5.41) is 0. The van der Waals surface area contributed by atoms with E-state index in [-0.39, 0.29) is 5.56 Å². The fourth-order valence-corrected chi connectivity index (χ4v) is 1.42. The Morgan fingerprint density at radius 3 is 2.94 bits per heavy atom. The van der Waals surface area contributed by atoms with Crippen LogP contribution in [0.2, 0.25) is 0 Å². The van der Waals surface area contributed by atoms with E-state index in [9.17, 15) is 9.59 Å². The first-order valence-corrected chi connectivity index (χ1v) is 4.86. The molecule has 2 aromatic rings. The fourth-order valence-electron chi connectivity index (χ4n) is 1.42. The second-order valence-corrected chi connectivity index (χ2v) is 3.56. The topological polar surface area (TPSA) is 67.8 Å². The van der Waals surface area contributed by atoms with E-state index in [1.165, 1.54) is 4.57 Å². The van der Waals surface area contributed by atoms with E-state index in [1.54, 1.807) is 31.6 Å². The highest BCUT2D eigenvalue weighted by molar-refractivity contribution is 5.10. The van der Waals surface area contributed by atoms with Crippen molar-refractivity contribution in [1.82, 2.24) is 14.5 Å². The minimum Gasteiger partial charge on any atom is -0.296 e. The Morgan fingerprint density at radius 1 is 1.44 bits per heavy atom. The van der Waals surface area contributed by atoms with Crippen LogP contribution in [0.5, 0.6) is 0 Å². The van der Waals surface area contributed by atoms with Crippen LogP contribution in [0.1, 0.15) is 11.1 Å². The van der Waals surface area contributed by atoms with Gasteiger partial charge in [-0.25, -0.2) is 4.79 Å². The average molecular weight is 217 g/mol. The summed E-state index contributed by atoms with van der Waals surface area (Å²) in [6.45, 7) is 2.07. The Balaban J connectivity index is 2.40. The molecular formula is C11H11N3O2. The van der Waals surface area contributed by atoms with Crippen LogP contribution in [0.3, 0.4) is 0 Å². The number of hydrogen-bond donors (Lipinski definition) is 1. The predicted molar refractivity (Wildman–Crippen MR) is 59.4 cm³/mol. The van der Waals surface area contributed by atoms with Gasteiger partial charge in [-0.15, -0.1) is 0 Å². The molecule has 0 fully saturated rings. The third-order valence-electron chi connectivity index (χ3n) is 2.26. The molecule has 0 aliphatic rings. The van der Waals surface area contributed by atoms with Crippen LogP contribution in [0.4, 0.5) is 0 Å². The maximum atomic E-state index is 11.5. The zero-order chi connectivity index (χ0) is 11.5. The average Bonchev–Trinajstić information content (AvgIpc) is 2.27. The van der Waals surface area contributed by atoms with Crippen molar-refractivity contribution < 1.29 is 0 Å². The van der Waals surface area contributed by atoms with Gasteiger partial charge >= 0.3 is 5.69 Å². The SMILES string of the molecule is Cc1cn(Cc2cccnc2)c(=O)[nH]c1=O. The van der Waals surface area contributed by atoms with Gasteiger partial charge in [-0.1, -0.05) is 6.07 Å². The molecule has 0 aliphatic heterocycles. The molecule has 5 heteroatoms. The van der Waals surface area contributed by atoms with Crippen LogP contribution < -0.4 is 11.2 Å². The van der Waals surface area contributed by atoms with Gasteiger partial charge in [0.2, 0.25) is 0 Å². The first kappa shape index (κ1) is 10.4. The molecule has 0 radical (unpaired) electrons. The highest BCUT2D eigenvalue weighted by Crippen LogP contribution is 1.97. The summed E-state index contributed by atoms with van der Waals surface area (Å²) in [7, 11) is 0. The molecule has 0 bridgehead atoms. The molecule has 0 saturated heterocycles. The van der Waals surface area contributed by atoms with E-state index in [0.29, 0.717) is 12.1 Å². The summed E-state index contributed by atoms with van der Waals surface area (Å²) in [6.07, 6.45) is 4.91. The summed E-state index contributed by atoms with van der Waals surface area (Å²) >= 11 is 0. The Bertz CT molecular complexity index is 599. The van der Waals surface area contributed by atoms with Gasteiger partial charge in [-0.3, -0.25) is 19.3 Å². The van der Waals surface area contributed by atoms with Gasteiger partial charge in [0.15, 0.2) is 0 Å². The Hall–Kier alpha value is -2.17. The van der Waals surface area contributed by atoms with E-state index in [1.807, 2.05) is 6.07 Å². The van der Waals surface area contributed by atoms with Gasteiger partial charge in [0.05, 0.1) is 6.54 Å². The number of nitrogens with one attached hydrogen (secondary N) is 1. The maximum absolute atomic E-state index is 11.5. The molecular weight excluding hydrogens is 206 g/mol. The summed E-state index contributed by atoms with van der Waals surface area (Å²) < 4.78 is 1.45. The first-order valence-electron chi connectivity index (χ1n) is 4.86. The zero-order valence-corrected chi connectivity index (χ0v) is 8.80. The van der Waals surface area contributed by atoms with Crippen molar-refractivity contribution in [2.45, 2.75) is 13.5 Å². The van der Waals surface area contributed by atoms with Crippen LogP contribution in [-0.4, -0.2) is 14.5 Å². The third-order valence-corrected chi connectivity index (χ3v) is 2.26. The minimum absolute atomic E-state index is 0.340. The molecule has 1 N–H and O–H groups in total. The van der Waals surface area contributed by atoms with Gasteiger partial charge in [0.25, 0.3) is 5.56 Å². The number of nitrogens with zero attached hydrogens (tertiary/aromatic N) is 2. The molecule has 2 heterocycles. The van der Waals surface area contributed by atoms with E-state index in [4.69, 9.17) is 0 Å². The fraction of sp³-hybridized carbons (Fsp3) is 0.182. The van der Waals surface area contributed by atoms with Crippen LogP contribution in [0.25, 0.3) is 0 Å². The lowest BCUT2D eigenvalue weighted by atomic mass is 10.3. The number of aromatic nitrogens is 3. The molecule has 0 spiro atoms. The Kier molecular flexibility index (Phi) is 2.68. The number of H-pyrrole nitrogens is 1. The van der Waals surface area contributed by atoms with Gasteiger partial charge in [-0.05, 0) is 18.6 Å². The van der Waals surface area contributed by atoms with E-state index < -0.39 is 5.69 Å². The Morgan fingerprint density at radius 2 is 2.25 bits per heavy atom. The lowest BCUT2D eigenvalue weighted by Gasteiger charge is -2.05. The van der Waals surface area contributed by atoms with Crippen molar-refractivity contribution in [2.24, 2.45) is 0 Å². The molecule has 0 atom stereocenters. The van der Waals surface area contributed by atoms with E-state index in [0.717, 1.165) is 5.56 Å². The van der Waals surface area contributed by atoms with Crippen molar-refractivity contribution in [3.63, 3.8) is 0 Å². The molecule has 0 saturated carbocycles. The molecule has 0 aromatic carbocycles. The molecule has 0 unspecified atom stereocenters. The maximum Gasteiger partial charge on any atom is 0.328 e. The third kappa shape index (κ3) is 2.08. The smallest absolute Gasteiger partial charge is 0.296 e. The molecule has 2 aromatic heterocycles. The quantitative estimate of drug-likeness (QED) is 0.786. The molecule has 0 aliphatic carbocycles. The van der Waals surface area contributed by atoms with Gasteiger partial charge in [-0.2, -0.15) is 0 Å². The van der Waals surface area contributed by atoms with Crippen molar-refractivity contribution in [3.8, 4) is 0 Å². The van der Waals surface area contributed by atoms with Gasteiger partial charge < -0.3 is 0 Å². The van der Waals surface area contributed by atoms with Crippen LogP contribution in [0.15, 0.2) is 40.3 Å². The Labute approximate surface area is 91.4 Å². The largest absolute Gasteiger partial charge is 0.328 e. The standard InChI is InChI=1S/C11H11N3O2/c1-8-6-14(11(16)13-10(8)15)7-9-3-2-4-12-5-9/h2-6H,7H2,1H3,(H,13,15,16).